The predicted octanol–water partition coefficient (Wildman–Crippen LogP) is 2.74. The molecule has 154 valence electrons. The van der Waals surface area contributed by atoms with Gasteiger partial charge in [-0.3, -0.25) is 9.63 Å². The SMILES string of the molecule is CCCCCC(CCC1SCON1CC#CCOCC(=O)OC)OC(C)=O. The lowest BCUT2D eigenvalue weighted by Crippen LogP contribution is -2.29. The molecule has 1 aliphatic rings. The molecule has 0 saturated carbocycles. The van der Waals surface area contributed by atoms with Gasteiger partial charge in [0.25, 0.3) is 0 Å². The summed E-state index contributed by atoms with van der Waals surface area (Å²) in [5, 5.41) is 2.05. The number of methoxy groups -OCH3 is 1. The Morgan fingerprint density at radius 3 is 2.81 bits per heavy atom. The first kappa shape index (κ1) is 23.8. The van der Waals surface area contributed by atoms with Crippen LogP contribution in [0.25, 0.3) is 0 Å². The van der Waals surface area contributed by atoms with Crippen molar-refractivity contribution in [2.24, 2.45) is 0 Å². The third-order valence-corrected chi connectivity index (χ3v) is 5.08. The van der Waals surface area contributed by atoms with E-state index in [1.807, 2.05) is 5.06 Å². The van der Waals surface area contributed by atoms with Crippen molar-refractivity contribution < 1.29 is 28.6 Å². The van der Waals surface area contributed by atoms with Crippen LogP contribution in [0.5, 0.6) is 0 Å². The van der Waals surface area contributed by atoms with Crippen molar-refractivity contribution in [3.8, 4) is 11.8 Å². The van der Waals surface area contributed by atoms with Gasteiger partial charge in [-0.1, -0.05) is 31.6 Å². The molecule has 1 heterocycles. The lowest BCUT2D eigenvalue weighted by molar-refractivity contribution is -0.148. The van der Waals surface area contributed by atoms with Crippen molar-refractivity contribution in [3.63, 3.8) is 0 Å². The van der Waals surface area contributed by atoms with Crippen molar-refractivity contribution in [2.45, 2.75) is 63.9 Å². The second-order valence-electron chi connectivity index (χ2n) is 6.17. The average molecular weight is 402 g/mol. The van der Waals surface area contributed by atoms with Crippen molar-refractivity contribution in [3.05, 3.63) is 0 Å². The zero-order valence-electron chi connectivity index (χ0n) is 16.5. The maximum atomic E-state index is 11.3. The summed E-state index contributed by atoms with van der Waals surface area (Å²) < 4.78 is 15.0. The molecule has 0 aromatic rings. The Labute approximate surface area is 166 Å². The molecule has 1 aliphatic heterocycles. The fraction of sp³-hybridized carbons (Fsp3) is 0.789. The highest BCUT2D eigenvalue weighted by atomic mass is 32.2. The molecule has 0 aromatic heterocycles. The van der Waals surface area contributed by atoms with Crippen LogP contribution in [-0.4, -0.2) is 61.3 Å². The molecular weight excluding hydrogens is 370 g/mol. The number of unbranched alkanes of at least 4 members (excludes halogenated alkanes) is 2. The highest BCUT2D eigenvalue weighted by Crippen LogP contribution is 2.29. The van der Waals surface area contributed by atoms with Gasteiger partial charge in [0.15, 0.2) is 0 Å². The topological polar surface area (TPSA) is 74.3 Å². The predicted molar refractivity (Wildman–Crippen MR) is 104 cm³/mol. The van der Waals surface area contributed by atoms with Crippen LogP contribution in [0.4, 0.5) is 0 Å². The average Bonchev–Trinajstić information content (AvgIpc) is 3.09. The Kier molecular flexibility index (Phi) is 13.0. The zero-order valence-corrected chi connectivity index (χ0v) is 17.3. The van der Waals surface area contributed by atoms with E-state index in [4.69, 9.17) is 14.3 Å². The minimum absolute atomic E-state index is 0.0325. The van der Waals surface area contributed by atoms with Crippen LogP contribution in [-0.2, 0) is 28.6 Å². The van der Waals surface area contributed by atoms with Crippen LogP contribution < -0.4 is 0 Å². The van der Waals surface area contributed by atoms with E-state index in [1.165, 1.54) is 14.0 Å². The number of nitrogens with zero attached hydrogens (tertiary/aromatic N) is 1. The fourth-order valence-electron chi connectivity index (χ4n) is 2.59. The van der Waals surface area contributed by atoms with Gasteiger partial charge in [-0.15, -0.1) is 11.8 Å². The molecule has 2 unspecified atom stereocenters. The Morgan fingerprint density at radius 2 is 2.11 bits per heavy atom. The molecule has 0 aromatic carbocycles. The van der Waals surface area contributed by atoms with Crippen molar-refractivity contribution >= 4 is 23.7 Å². The maximum absolute atomic E-state index is 11.3. The van der Waals surface area contributed by atoms with E-state index in [0.29, 0.717) is 12.5 Å². The van der Waals surface area contributed by atoms with E-state index < -0.39 is 5.97 Å². The maximum Gasteiger partial charge on any atom is 0.331 e. The zero-order chi connectivity index (χ0) is 19.9. The van der Waals surface area contributed by atoms with Crippen molar-refractivity contribution in [1.82, 2.24) is 5.06 Å². The molecule has 1 saturated heterocycles. The Morgan fingerprint density at radius 1 is 1.30 bits per heavy atom. The van der Waals surface area contributed by atoms with Gasteiger partial charge in [-0.2, -0.15) is 5.06 Å². The largest absolute Gasteiger partial charge is 0.467 e. The normalized spacial score (nSPS) is 17.8. The van der Waals surface area contributed by atoms with E-state index in [1.54, 1.807) is 11.8 Å². The fourth-order valence-corrected chi connectivity index (χ4v) is 3.55. The van der Waals surface area contributed by atoms with Crippen LogP contribution in [0.15, 0.2) is 0 Å². The summed E-state index contributed by atoms with van der Waals surface area (Å²) in [5.41, 5.74) is 0. The van der Waals surface area contributed by atoms with Crippen LogP contribution in [0.3, 0.4) is 0 Å². The van der Waals surface area contributed by atoms with Gasteiger partial charge in [-0.05, 0) is 25.7 Å². The number of ether oxygens (including phenoxy) is 3. The number of carbonyl (C=O) groups is 2. The minimum Gasteiger partial charge on any atom is -0.467 e. The number of hydrogen-bond acceptors (Lipinski definition) is 8. The Bertz CT molecular complexity index is 504. The molecule has 8 heteroatoms. The van der Waals surface area contributed by atoms with Crippen molar-refractivity contribution in [1.29, 1.82) is 0 Å². The van der Waals surface area contributed by atoms with E-state index in [-0.39, 0.29) is 30.7 Å². The molecule has 0 bridgehead atoms. The molecule has 0 spiro atoms. The summed E-state index contributed by atoms with van der Waals surface area (Å²) in [6.07, 6.45) is 5.93. The number of hydroxylamine groups is 2. The van der Waals surface area contributed by atoms with Crippen molar-refractivity contribution in [2.75, 3.05) is 32.8 Å². The highest BCUT2D eigenvalue weighted by molar-refractivity contribution is 7.99. The molecular formula is C19H31NO6S. The Hall–Kier alpha value is -1.27. The second-order valence-corrected chi connectivity index (χ2v) is 7.28. The molecule has 27 heavy (non-hydrogen) atoms. The molecule has 1 fully saturated rings. The van der Waals surface area contributed by atoms with Crippen LogP contribution in [0, 0.1) is 11.8 Å². The molecule has 0 N–H and O–H groups in total. The van der Waals surface area contributed by atoms with Gasteiger partial charge in [0, 0.05) is 6.92 Å². The highest BCUT2D eigenvalue weighted by Gasteiger charge is 2.27. The smallest absolute Gasteiger partial charge is 0.331 e. The summed E-state index contributed by atoms with van der Waals surface area (Å²) in [6.45, 7) is 4.16. The van der Waals surface area contributed by atoms with Gasteiger partial charge in [0.05, 0.1) is 19.0 Å². The monoisotopic (exact) mass is 401 g/mol. The quantitative estimate of drug-likeness (QED) is 0.281. The summed E-state index contributed by atoms with van der Waals surface area (Å²) in [4.78, 5) is 27.8. The first-order valence-electron chi connectivity index (χ1n) is 9.35. The lowest BCUT2D eigenvalue weighted by Gasteiger charge is -2.22. The second kappa shape index (κ2) is 14.7. The van der Waals surface area contributed by atoms with Crippen LogP contribution >= 0.6 is 11.8 Å². The molecule has 7 nitrogen and oxygen atoms in total. The number of thioether (sulfide) groups is 1. The minimum atomic E-state index is -0.419. The van der Waals surface area contributed by atoms with E-state index in [2.05, 4.69) is 23.5 Å². The number of hydrogen-bond donors (Lipinski definition) is 0. The van der Waals surface area contributed by atoms with E-state index in [0.717, 1.165) is 38.5 Å². The van der Waals surface area contributed by atoms with Gasteiger partial charge >= 0.3 is 11.9 Å². The summed E-state index contributed by atoms with van der Waals surface area (Å²) in [7, 11) is 1.32. The van der Waals surface area contributed by atoms with E-state index in [9.17, 15) is 9.59 Å². The lowest BCUT2D eigenvalue weighted by atomic mass is 10.1. The number of rotatable bonds is 12. The van der Waals surface area contributed by atoms with Gasteiger partial charge in [-0.25, -0.2) is 4.79 Å². The molecule has 0 aliphatic carbocycles. The van der Waals surface area contributed by atoms with Gasteiger partial charge in [0.2, 0.25) is 0 Å². The van der Waals surface area contributed by atoms with E-state index >= 15 is 0 Å². The summed E-state index contributed by atoms with van der Waals surface area (Å²) in [5.74, 6) is 5.80. The molecule has 2 atom stereocenters. The summed E-state index contributed by atoms with van der Waals surface area (Å²) >= 11 is 1.72. The number of esters is 2. The van der Waals surface area contributed by atoms with Gasteiger partial charge < -0.3 is 14.2 Å². The molecule has 1 rings (SSSR count). The third kappa shape index (κ3) is 11.2. The van der Waals surface area contributed by atoms with Crippen LogP contribution in [0.2, 0.25) is 0 Å². The first-order chi connectivity index (χ1) is 13.1. The first-order valence-corrected chi connectivity index (χ1v) is 10.4. The molecule has 0 amide bonds. The Balaban J connectivity index is 2.33. The standard InChI is InChI=1S/C19H31NO6S/c1-4-5-6-9-17(26-16(2)21)10-11-18-20(25-15-27-18)12-7-8-13-24-14-19(22)23-3/h17-18H,4-6,9-15H2,1-3H3. The number of carbonyl (C=O) groups excluding carboxylic acids is 2. The summed E-state index contributed by atoms with van der Waals surface area (Å²) in [6, 6.07) is 0. The third-order valence-electron chi connectivity index (χ3n) is 3.98. The van der Waals surface area contributed by atoms with Crippen LogP contribution in [0.1, 0.15) is 52.4 Å². The van der Waals surface area contributed by atoms with Gasteiger partial charge in [0.1, 0.15) is 25.3 Å². The molecule has 0 radical (unpaired) electrons.